The summed E-state index contributed by atoms with van der Waals surface area (Å²) < 4.78 is 10.9. The molecule has 1 N–H and O–H groups in total. The van der Waals surface area contributed by atoms with Crippen LogP contribution in [0.2, 0.25) is 0 Å². The Labute approximate surface area is 125 Å². The molecule has 1 aliphatic heterocycles. The fraction of sp³-hybridized carbons (Fsp3) is 0.333. The number of rotatable bonds is 5. The van der Waals surface area contributed by atoms with Crippen LogP contribution in [-0.2, 0) is 4.74 Å². The third-order valence-corrected chi connectivity index (χ3v) is 3.94. The summed E-state index contributed by atoms with van der Waals surface area (Å²) in [6.07, 6.45) is 0. The Kier molecular flexibility index (Phi) is 3.95. The van der Waals surface area contributed by atoms with Crippen LogP contribution in [0.3, 0.4) is 0 Å². The van der Waals surface area contributed by atoms with Crippen LogP contribution >= 0.6 is 0 Å². The van der Waals surface area contributed by atoms with Gasteiger partial charge in [-0.15, -0.1) is 0 Å². The Balaban J connectivity index is 1.65. The maximum atomic E-state index is 9.37. The number of ether oxygens (including phenoxy) is 2. The SMILES string of the molecule is Cc1ccc(-c2ccc(OCC3(CO)COC3)cc2)cc1. The van der Waals surface area contributed by atoms with Gasteiger partial charge >= 0.3 is 0 Å². The van der Waals surface area contributed by atoms with E-state index in [1.165, 1.54) is 16.7 Å². The molecule has 2 aromatic rings. The minimum Gasteiger partial charge on any atom is -0.493 e. The Bertz CT molecular complexity index is 577. The summed E-state index contributed by atoms with van der Waals surface area (Å²) >= 11 is 0. The Morgan fingerprint density at radius 3 is 2.05 bits per heavy atom. The van der Waals surface area contributed by atoms with Crippen molar-refractivity contribution in [1.29, 1.82) is 0 Å². The molecule has 1 aliphatic rings. The predicted molar refractivity (Wildman–Crippen MR) is 82.4 cm³/mol. The number of hydrogen-bond donors (Lipinski definition) is 1. The molecule has 3 heteroatoms. The van der Waals surface area contributed by atoms with Gasteiger partial charge in [0.1, 0.15) is 12.4 Å². The first kappa shape index (κ1) is 14.1. The van der Waals surface area contributed by atoms with E-state index in [4.69, 9.17) is 9.47 Å². The average Bonchev–Trinajstić information content (AvgIpc) is 2.48. The van der Waals surface area contributed by atoms with Gasteiger partial charge < -0.3 is 14.6 Å². The first-order chi connectivity index (χ1) is 10.2. The molecule has 0 unspecified atom stereocenters. The minimum absolute atomic E-state index is 0.106. The first-order valence-corrected chi connectivity index (χ1v) is 7.19. The van der Waals surface area contributed by atoms with E-state index in [1.807, 2.05) is 12.1 Å². The van der Waals surface area contributed by atoms with Gasteiger partial charge in [-0.1, -0.05) is 42.0 Å². The van der Waals surface area contributed by atoms with Gasteiger partial charge in [0.15, 0.2) is 0 Å². The number of hydrogen-bond acceptors (Lipinski definition) is 3. The second-order valence-electron chi connectivity index (χ2n) is 5.83. The van der Waals surface area contributed by atoms with Crippen LogP contribution in [-0.4, -0.2) is 31.5 Å². The van der Waals surface area contributed by atoms with Gasteiger partial charge in [0.05, 0.1) is 25.2 Å². The molecule has 0 saturated carbocycles. The highest BCUT2D eigenvalue weighted by molar-refractivity contribution is 5.64. The van der Waals surface area contributed by atoms with Crippen molar-refractivity contribution in [2.75, 3.05) is 26.4 Å². The molecular formula is C18H20O3. The zero-order valence-electron chi connectivity index (χ0n) is 12.2. The molecule has 21 heavy (non-hydrogen) atoms. The molecule has 0 radical (unpaired) electrons. The molecule has 0 bridgehead atoms. The smallest absolute Gasteiger partial charge is 0.119 e. The van der Waals surface area contributed by atoms with Crippen molar-refractivity contribution in [3.05, 3.63) is 54.1 Å². The van der Waals surface area contributed by atoms with Crippen molar-refractivity contribution in [3.63, 3.8) is 0 Å². The molecule has 2 aromatic carbocycles. The zero-order valence-corrected chi connectivity index (χ0v) is 12.2. The highest BCUT2D eigenvalue weighted by Crippen LogP contribution is 2.29. The quantitative estimate of drug-likeness (QED) is 0.917. The number of aryl methyl sites for hydroxylation is 1. The van der Waals surface area contributed by atoms with E-state index in [9.17, 15) is 5.11 Å². The lowest BCUT2D eigenvalue weighted by atomic mass is 9.88. The summed E-state index contributed by atoms with van der Waals surface area (Å²) in [5.74, 6) is 0.825. The third kappa shape index (κ3) is 3.09. The van der Waals surface area contributed by atoms with Crippen molar-refractivity contribution >= 4 is 0 Å². The lowest BCUT2D eigenvalue weighted by Gasteiger charge is -2.39. The van der Waals surface area contributed by atoms with E-state index in [-0.39, 0.29) is 12.0 Å². The van der Waals surface area contributed by atoms with E-state index >= 15 is 0 Å². The molecule has 1 fully saturated rings. The molecule has 3 rings (SSSR count). The Morgan fingerprint density at radius 2 is 1.57 bits per heavy atom. The summed E-state index contributed by atoms with van der Waals surface area (Å²) in [4.78, 5) is 0. The van der Waals surface area contributed by atoms with Crippen LogP contribution in [0, 0.1) is 12.3 Å². The fourth-order valence-corrected chi connectivity index (χ4v) is 2.34. The maximum Gasteiger partial charge on any atom is 0.119 e. The van der Waals surface area contributed by atoms with Gasteiger partial charge in [-0.2, -0.15) is 0 Å². The monoisotopic (exact) mass is 284 g/mol. The lowest BCUT2D eigenvalue weighted by Crippen LogP contribution is -2.49. The molecule has 0 atom stereocenters. The van der Waals surface area contributed by atoms with Gasteiger partial charge in [0.2, 0.25) is 0 Å². The van der Waals surface area contributed by atoms with E-state index in [0.29, 0.717) is 19.8 Å². The number of aliphatic hydroxyl groups is 1. The van der Waals surface area contributed by atoms with Gasteiger partial charge in [-0.25, -0.2) is 0 Å². The predicted octanol–water partition coefficient (Wildman–Crippen LogP) is 3.05. The van der Waals surface area contributed by atoms with Crippen molar-refractivity contribution in [2.45, 2.75) is 6.92 Å². The maximum absolute atomic E-state index is 9.37. The van der Waals surface area contributed by atoms with Crippen LogP contribution in [0.5, 0.6) is 5.75 Å². The van der Waals surface area contributed by atoms with E-state index in [1.54, 1.807) is 0 Å². The molecular weight excluding hydrogens is 264 g/mol. The van der Waals surface area contributed by atoms with Crippen LogP contribution in [0.4, 0.5) is 0 Å². The van der Waals surface area contributed by atoms with Crippen LogP contribution in [0.1, 0.15) is 5.56 Å². The number of aliphatic hydroxyl groups excluding tert-OH is 1. The summed E-state index contributed by atoms with van der Waals surface area (Å²) in [6, 6.07) is 16.5. The van der Waals surface area contributed by atoms with Gasteiger partial charge in [0.25, 0.3) is 0 Å². The fourth-order valence-electron chi connectivity index (χ4n) is 2.34. The van der Waals surface area contributed by atoms with E-state index < -0.39 is 0 Å². The Hall–Kier alpha value is -1.84. The molecule has 3 nitrogen and oxygen atoms in total. The molecule has 1 saturated heterocycles. The van der Waals surface area contributed by atoms with E-state index in [0.717, 1.165) is 5.75 Å². The van der Waals surface area contributed by atoms with Crippen LogP contribution < -0.4 is 4.74 Å². The summed E-state index contributed by atoms with van der Waals surface area (Å²) in [5.41, 5.74) is 3.42. The average molecular weight is 284 g/mol. The van der Waals surface area contributed by atoms with Gasteiger partial charge in [-0.3, -0.25) is 0 Å². The van der Waals surface area contributed by atoms with E-state index in [2.05, 4.69) is 43.3 Å². The highest BCUT2D eigenvalue weighted by Gasteiger charge is 2.39. The summed E-state index contributed by atoms with van der Waals surface area (Å²) in [5, 5.41) is 9.37. The largest absolute Gasteiger partial charge is 0.493 e. The van der Waals surface area contributed by atoms with Crippen LogP contribution in [0.25, 0.3) is 11.1 Å². The third-order valence-electron chi connectivity index (χ3n) is 3.94. The number of benzene rings is 2. The molecule has 0 amide bonds. The molecule has 1 heterocycles. The Morgan fingerprint density at radius 1 is 1.00 bits per heavy atom. The highest BCUT2D eigenvalue weighted by atomic mass is 16.5. The second-order valence-corrected chi connectivity index (χ2v) is 5.83. The van der Waals surface area contributed by atoms with Gasteiger partial charge in [0, 0.05) is 0 Å². The molecule has 0 spiro atoms. The molecule has 0 aliphatic carbocycles. The topological polar surface area (TPSA) is 38.7 Å². The van der Waals surface area contributed by atoms with Crippen molar-refractivity contribution < 1.29 is 14.6 Å². The lowest BCUT2D eigenvalue weighted by molar-refractivity contribution is -0.153. The second kappa shape index (κ2) is 5.88. The standard InChI is InChI=1S/C18H20O3/c1-14-2-4-15(5-3-14)16-6-8-17(9-7-16)21-13-18(10-19)11-20-12-18/h2-9,19H,10-13H2,1H3. The summed E-state index contributed by atoms with van der Waals surface area (Å²) in [7, 11) is 0. The normalized spacial score (nSPS) is 16.3. The van der Waals surface area contributed by atoms with Gasteiger partial charge in [-0.05, 0) is 30.2 Å². The molecule has 110 valence electrons. The molecule has 0 aromatic heterocycles. The van der Waals surface area contributed by atoms with Crippen molar-refractivity contribution in [2.24, 2.45) is 5.41 Å². The minimum atomic E-state index is -0.213. The zero-order chi connectivity index (χ0) is 14.7. The van der Waals surface area contributed by atoms with Crippen LogP contribution in [0.15, 0.2) is 48.5 Å². The van der Waals surface area contributed by atoms with Crippen molar-refractivity contribution in [3.8, 4) is 16.9 Å². The first-order valence-electron chi connectivity index (χ1n) is 7.19. The summed E-state index contributed by atoms with van der Waals surface area (Å²) in [6.45, 7) is 3.83. The van der Waals surface area contributed by atoms with Crippen molar-refractivity contribution in [1.82, 2.24) is 0 Å².